The van der Waals surface area contributed by atoms with Gasteiger partial charge >= 0.3 is 0 Å². The number of halogens is 1. The highest BCUT2D eigenvalue weighted by atomic mass is 127. The number of rotatable bonds is 6. The van der Waals surface area contributed by atoms with Gasteiger partial charge in [0, 0.05) is 32.7 Å². The maximum absolute atomic E-state index is 12.7. The fourth-order valence-corrected chi connectivity index (χ4v) is 4.05. The number of hydrogen-bond acceptors (Lipinski definition) is 2. The molecule has 6 heteroatoms. The van der Waals surface area contributed by atoms with Crippen LogP contribution in [0.5, 0.6) is 0 Å². The minimum absolute atomic E-state index is 0. The van der Waals surface area contributed by atoms with Crippen LogP contribution in [0.15, 0.2) is 35.3 Å². The number of amides is 1. The Labute approximate surface area is 180 Å². The molecule has 27 heavy (non-hydrogen) atoms. The van der Waals surface area contributed by atoms with Crippen LogP contribution in [0.25, 0.3) is 0 Å². The van der Waals surface area contributed by atoms with E-state index in [-0.39, 0.29) is 36.4 Å². The first kappa shape index (κ1) is 22.0. The van der Waals surface area contributed by atoms with E-state index in [0.29, 0.717) is 18.5 Å². The number of likely N-dealkylation sites (tertiary alicyclic amines) is 1. The molecule has 0 unspecified atom stereocenters. The number of hydrogen-bond donors (Lipinski definition) is 1. The van der Waals surface area contributed by atoms with Crippen molar-refractivity contribution >= 4 is 35.8 Å². The predicted molar refractivity (Wildman–Crippen MR) is 121 cm³/mol. The van der Waals surface area contributed by atoms with E-state index in [1.165, 1.54) is 25.7 Å². The maximum atomic E-state index is 12.7. The molecule has 2 aliphatic rings. The molecular weight excluding hydrogens is 451 g/mol. The molecule has 1 saturated heterocycles. The standard InChI is InChI=1S/C21H32N4O.HI/c1-3-22-20(25-14-13-21(17-25)11-8-12-21)23-15-19(26)24(4-2)16-18-9-6-5-7-10-18;/h5-7,9-10H,3-4,8,11-17H2,1-2H3,(H,22,23);1H. The highest BCUT2D eigenvalue weighted by molar-refractivity contribution is 14.0. The van der Waals surface area contributed by atoms with Crippen molar-refractivity contribution in [1.82, 2.24) is 15.1 Å². The van der Waals surface area contributed by atoms with Crippen molar-refractivity contribution in [2.24, 2.45) is 10.4 Å². The lowest BCUT2D eigenvalue weighted by molar-refractivity contribution is -0.130. The molecule has 2 fully saturated rings. The first-order valence-electron chi connectivity index (χ1n) is 10.0. The number of carbonyl (C=O) groups excluding carboxylic acids is 1. The summed E-state index contributed by atoms with van der Waals surface area (Å²) in [6.07, 6.45) is 5.33. The number of nitrogens with zero attached hydrogens (tertiary/aromatic N) is 3. The molecule has 1 aliphatic heterocycles. The molecule has 1 N–H and O–H groups in total. The van der Waals surface area contributed by atoms with Gasteiger partial charge in [-0.05, 0) is 44.1 Å². The van der Waals surface area contributed by atoms with Crippen molar-refractivity contribution in [3.8, 4) is 0 Å². The Bertz CT molecular complexity index is 630. The molecule has 3 rings (SSSR count). The normalized spacial score (nSPS) is 18.0. The van der Waals surface area contributed by atoms with Crippen LogP contribution in [-0.4, -0.2) is 54.4 Å². The van der Waals surface area contributed by atoms with Crippen LogP contribution < -0.4 is 5.32 Å². The summed E-state index contributed by atoms with van der Waals surface area (Å²) >= 11 is 0. The van der Waals surface area contributed by atoms with E-state index < -0.39 is 0 Å². The lowest BCUT2D eigenvalue weighted by atomic mass is 9.68. The molecule has 1 aromatic carbocycles. The number of aliphatic imine (C=N–C) groups is 1. The Kier molecular flexibility index (Phi) is 8.38. The summed E-state index contributed by atoms with van der Waals surface area (Å²) < 4.78 is 0. The highest BCUT2D eigenvalue weighted by Gasteiger charge is 2.43. The molecule has 1 amide bonds. The molecule has 0 radical (unpaired) electrons. The minimum atomic E-state index is 0. The predicted octanol–water partition coefficient (Wildman–Crippen LogP) is 3.49. The van der Waals surface area contributed by atoms with Crippen molar-refractivity contribution in [2.75, 3.05) is 32.7 Å². The van der Waals surface area contributed by atoms with Crippen LogP contribution in [0.3, 0.4) is 0 Å². The van der Waals surface area contributed by atoms with Crippen LogP contribution in [0.2, 0.25) is 0 Å². The Morgan fingerprint density at radius 2 is 1.96 bits per heavy atom. The second-order valence-electron chi connectivity index (χ2n) is 7.59. The van der Waals surface area contributed by atoms with E-state index in [9.17, 15) is 4.79 Å². The summed E-state index contributed by atoms with van der Waals surface area (Å²) in [7, 11) is 0. The van der Waals surface area contributed by atoms with Gasteiger partial charge in [-0.3, -0.25) is 4.79 Å². The van der Waals surface area contributed by atoms with Gasteiger partial charge < -0.3 is 15.1 Å². The van der Waals surface area contributed by atoms with Gasteiger partial charge in [-0.25, -0.2) is 4.99 Å². The smallest absolute Gasteiger partial charge is 0.244 e. The minimum Gasteiger partial charge on any atom is -0.357 e. The van der Waals surface area contributed by atoms with Crippen LogP contribution >= 0.6 is 24.0 Å². The zero-order valence-corrected chi connectivity index (χ0v) is 18.9. The van der Waals surface area contributed by atoms with E-state index in [0.717, 1.165) is 31.2 Å². The largest absolute Gasteiger partial charge is 0.357 e. The summed E-state index contributed by atoms with van der Waals surface area (Å²) in [6, 6.07) is 10.1. The van der Waals surface area contributed by atoms with Gasteiger partial charge in [0.05, 0.1) is 0 Å². The molecule has 1 aromatic rings. The van der Waals surface area contributed by atoms with Crippen LogP contribution in [0.4, 0.5) is 0 Å². The van der Waals surface area contributed by atoms with E-state index in [2.05, 4.69) is 34.3 Å². The lowest BCUT2D eigenvalue weighted by Gasteiger charge is -2.38. The highest BCUT2D eigenvalue weighted by Crippen LogP contribution is 2.47. The summed E-state index contributed by atoms with van der Waals surface area (Å²) in [5, 5.41) is 3.38. The molecule has 0 atom stereocenters. The summed E-state index contributed by atoms with van der Waals surface area (Å²) in [5.41, 5.74) is 1.69. The van der Waals surface area contributed by atoms with E-state index >= 15 is 0 Å². The van der Waals surface area contributed by atoms with E-state index in [1.54, 1.807) is 0 Å². The Hall–Kier alpha value is -1.31. The third-order valence-corrected chi connectivity index (χ3v) is 5.80. The molecule has 1 aliphatic carbocycles. The molecule has 1 heterocycles. The maximum Gasteiger partial charge on any atom is 0.244 e. The van der Waals surface area contributed by atoms with Gasteiger partial charge in [-0.2, -0.15) is 0 Å². The van der Waals surface area contributed by atoms with Gasteiger partial charge in [-0.15, -0.1) is 24.0 Å². The zero-order chi connectivity index (χ0) is 18.4. The number of carbonyl (C=O) groups is 1. The monoisotopic (exact) mass is 484 g/mol. The topological polar surface area (TPSA) is 47.9 Å². The van der Waals surface area contributed by atoms with Crippen LogP contribution in [0.1, 0.15) is 45.1 Å². The number of guanidine groups is 1. The van der Waals surface area contributed by atoms with Gasteiger partial charge in [0.15, 0.2) is 5.96 Å². The van der Waals surface area contributed by atoms with Crippen molar-refractivity contribution in [1.29, 1.82) is 0 Å². The molecule has 5 nitrogen and oxygen atoms in total. The fraction of sp³-hybridized carbons (Fsp3) is 0.619. The first-order chi connectivity index (χ1) is 12.7. The van der Waals surface area contributed by atoms with Crippen molar-refractivity contribution in [2.45, 2.75) is 46.1 Å². The second-order valence-corrected chi connectivity index (χ2v) is 7.59. The van der Waals surface area contributed by atoms with Gasteiger partial charge in [-0.1, -0.05) is 36.8 Å². The first-order valence-corrected chi connectivity index (χ1v) is 10.0. The van der Waals surface area contributed by atoms with Gasteiger partial charge in [0.2, 0.25) is 5.91 Å². The van der Waals surface area contributed by atoms with Gasteiger partial charge in [0.25, 0.3) is 0 Å². The molecule has 150 valence electrons. The number of likely N-dealkylation sites (N-methyl/N-ethyl adjacent to an activating group) is 1. The Balaban J connectivity index is 0.00000261. The van der Waals surface area contributed by atoms with Crippen LogP contribution in [-0.2, 0) is 11.3 Å². The summed E-state index contributed by atoms with van der Waals surface area (Å²) in [5.74, 6) is 0.990. The molecule has 1 saturated carbocycles. The third kappa shape index (κ3) is 5.59. The Morgan fingerprint density at radius 1 is 1.22 bits per heavy atom. The second kappa shape index (κ2) is 10.3. The average Bonchev–Trinajstić information content (AvgIpc) is 3.10. The van der Waals surface area contributed by atoms with Crippen LogP contribution in [0, 0.1) is 5.41 Å². The van der Waals surface area contributed by atoms with E-state index in [4.69, 9.17) is 0 Å². The number of nitrogens with one attached hydrogen (secondary N) is 1. The van der Waals surface area contributed by atoms with Crippen molar-refractivity contribution in [3.63, 3.8) is 0 Å². The zero-order valence-electron chi connectivity index (χ0n) is 16.6. The summed E-state index contributed by atoms with van der Waals surface area (Å²) in [6.45, 7) is 8.65. The fourth-order valence-electron chi connectivity index (χ4n) is 4.05. The summed E-state index contributed by atoms with van der Waals surface area (Å²) in [4.78, 5) is 21.6. The lowest BCUT2D eigenvalue weighted by Crippen LogP contribution is -2.43. The third-order valence-electron chi connectivity index (χ3n) is 5.80. The van der Waals surface area contributed by atoms with E-state index in [1.807, 2.05) is 30.0 Å². The SMILES string of the molecule is CCNC(=NCC(=O)N(CC)Cc1ccccc1)N1CCC2(CCC2)C1.I. The molecule has 0 bridgehead atoms. The number of benzene rings is 1. The van der Waals surface area contributed by atoms with Crippen molar-refractivity contribution in [3.05, 3.63) is 35.9 Å². The van der Waals surface area contributed by atoms with Gasteiger partial charge in [0.1, 0.15) is 6.54 Å². The molecule has 0 aromatic heterocycles. The Morgan fingerprint density at radius 3 is 2.52 bits per heavy atom. The molecule has 1 spiro atoms. The van der Waals surface area contributed by atoms with Crippen molar-refractivity contribution < 1.29 is 4.79 Å². The molecular formula is C21H33IN4O. The quantitative estimate of drug-likeness (QED) is 0.382. The average molecular weight is 484 g/mol.